The standard InChI is InChI=1S/C12H20ClNO3/c1-2-12(6-7-13,17-11(14)16)9-4-3-5-10(15)8-9/h9H,2-8H2,1H3,(H2,14,16). The number of hydrogen-bond acceptors (Lipinski definition) is 3. The molecule has 0 aliphatic heterocycles. The number of alkyl halides is 1. The summed E-state index contributed by atoms with van der Waals surface area (Å²) in [4.78, 5) is 22.6. The summed E-state index contributed by atoms with van der Waals surface area (Å²) in [5.74, 6) is 0.688. The van der Waals surface area contributed by atoms with E-state index in [1.807, 2.05) is 6.92 Å². The van der Waals surface area contributed by atoms with E-state index in [9.17, 15) is 9.59 Å². The Morgan fingerprint density at radius 2 is 2.35 bits per heavy atom. The van der Waals surface area contributed by atoms with Crippen LogP contribution in [0.1, 0.15) is 45.4 Å². The molecule has 1 saturated carbocycles. The second-order valence-electron chi connectivity index (χ2n) is 4.61. The predicted molar refractivity (Wildman–Crippen MR) is 66.0 cm³/mol. The molecule has 2 unspecified atom stereocenters. The average Bonchev–Trinajstić information content (AvgIpc) is 2.27. The molecule has 1 aliphatic carbocycles. The van der Waals surface area contributed by atoms with E-state index in [-0.39, 0.29) is 11.7 Å². The van der Waals surface area contributed by atoms with Crippen LogP contribution in [0.25, 0.3) is 0 Å². The third-order valence-corrected chi connectivity index (χ3v) is 3.84. The quantitative estimate of drug-likeness (QED) is 0.774. The van der Waals surface area contributed by atoms with Crippen LogP contribution in [-0.2, 0) is 9.53 Å². The minimum atomic E-state index is -0.782. The number of Topliss-reactive ketones (excluding diaryl/α,β-unsaturated/α-hetero) is 1. The minimum absolute atomic E-state index is 0.0556. The summed E-state index contributed by atoms with van der Waals surface area (Å²) in [7, 11) is 0. The van der Waals surface area contributed by atoms with Crippen molar-refractivity contribution < 1.29 is 14.3 Å². The molecule has 0 radical (unpaired) electrons. The van der Waals surface area contributed by atoms with Gasteiger partial charge >= 0.3 is 6.09 Å². The molecule has 0 aromatic rings. The lowest BCUT2D eigenvalue weighted by Crippen LogP contribution is -2.46. The second kappa shape index (κ2) is 6.24. The zero-order valence-corrected chi connectivity index (χ0v) is 11.0. The Morgan fingerprint density at radius 3 is 2.82 bits per heavy atom. The van der Waals surface area contributed by atoms with E-state index in [1.165, 1.54) is 0 Å². The van der Waals surface area contributed by atoms with Crippen molar-refractivity contribution in [3.8, 4) is 0 Å². The summed E-state index contributed by atoms with van der Waals surface area (Å²) in [6.45, 7) is 1.94. The number of ketones is 1. The number of hydrogen-bond donors (Lipinski definition) is 1. The molecule has 1 rings (SSSR count). The summed E-state index contributed by atoms with van der Waals surface area (Å²) in [5, 5.41) is 0. The molecule has 1 fully saturated rings. The van der Waals surface area contributed by atoms with E-state index in [0.717, 1.165) is 12.8 Å². The molecule has 98 valence electrons. The molecule has 17 heavy (non-hydrogen) atoms. The first-order chi connectivity index (χ1) is 8.04. The van der Waals surface area contributed by atoms with Gasteiger partial charge in [0.15, 0.2) is 0 Å². The lowest BCUT2D eigenvalue weighted by molar-refractivity contribution is -0.126. The van der Waals surface area contributed by atoms with Crippen LogP contribution in [0.2, 0.25) is 0 Å². The number of rotatable bonds is 5. The first-order valence-corrected chi connectivity index (χ1v) is 6.63. The first kappa shape index (κ1) is 14.3. The fourth-order valence-corrected chi connectivity index (χ4v) is 3.03. The Balaban J connectivity index is 2.85. The van der Waals surface area contributed by atoms with E-state index in [1.54, 1.807) is 0 Å². The highest BCUT2D eigenvalue weighted by atomic mass is 35.5. The van der Waals surface area contributed by atoms with Crippen molar-refractivity contribution in [3.05, 3.63) is 0 Å². The fraction of sp³-hybridized carbons (Fsp3) is 0.833. The Hall–Kier alpha value is -0.770. The van der Waals surface area contributed by atoms with Crippen LogP contribution in [0, 0.1) is 5.92 Å². The van der Waals surface area contributed by atoms with Gasteiger partial charge in [-0.25, -0.2) is 4.79 Å². The van der Waals surface area contributed by atoms with Gasteiger partial charge < -0.3 is 10.5 Å². The number of carbonyl (C=O) groups excluding carboxylic acids is 2. The van der Waals surface area contributed by atoms with Crippen molar-refractivity contribution in [2.45, 2.75) is 51.0 Å². The van der Waals surface area contributed by atoms with E-state index < -0.39 is 11.7 Å². The molecular weight excluding hydrogens is 242 g/mol. The van der Waals surface area contributed by atoms with Crippen LogP contribution in [-0.4, -0.2) is 23.4 Å². The molecule has 0 aromatic heterocycles. The number of ether oxygens (including phenoxy) is 1. The molecule has 0 aromatic carbocycles. The maximum Gasteiger partial charge on any atom is 0.405 e. The van der Waals surface area contributed by atoms with Gasteiger partial charge in [0.2, 0.25) is 0 Å². The molecule has 1 amide bonds. The summed E-state index contributed by atoms with van der Waals surface area (Å²) >= 11 is 5.79. The Kier molecular flexibility index (Phi) is 5.25. The largest absolute Gasteiger partial charge is 0.443 e. The zero-order chi connectivity index (χ0) is 12.9. The molecule has 5 heteroatoms. The van der Waals surface area contributed by atoms with E-state index in [0.29, 0.717) is 31.6 Å². The number of halogens is 1. The van der Waals surface area contributed by atoms with Gasteiger partial charge in [-0.2, -0.15) is 0 Å². The molecular formula is C12H20ClNO3. The van der Waals surface area contributed by atoms with Crippen LogP contribution in [0.5, 0.6) is 0 Å². The van der Waals surface area contributed by atoms with Gasteiger partial charge in [0.25, 0.3) is 0 Å². The summed E-state index contributed by atoms with van der Waals surface area (Å²) in [6.07, 6.45) is 3.26. The number of amides is 1. The predicted octanol–water partition coefficient (Wildman–Crippen LogP) is 2.62. The lowest BCUT2D eigenvalue weighted by atomic mass is 9.73. The molecule has 0 spiro atoms. The van der Waals surface area contributed by atoms with Crippen molar-refractivity contribution >= 4 is 23.5 Å². The van der Waals surface area contributed by atoms with E-state index >= 15 is 0 Å². The van der Waals surface area contributed by atoms with E-state index in [2.05, 4.69) is 0 Å². The minimum Gasteiger partial charge on any atom is -0.443 e. The van der Waals surface area contributed by atoms with Crippen molar-refractivity contribution in [2.24, 2.45) is 11.7 Å². The highest BCUT2D eigenvalue weighted by molar-refractivity contribution is 6.17. The molecule has 2 N–H and O–H groups in total. The molecule has 2 atom stereocenters. The van der Waals surface area contributed by atoms with Crippen molar-refractivity contribution in [2.75, 3.05) is 5.88 Å². The highest BCUT2D eigenvalue weighted by Gasteiger charge is 2.42. The smallest absolute Gasteiger partial charge is 0.405 e. The molecule has 0 saturated heterocycles. The van der Waals surface area contributed by atoms with Gasteiger partial charge in [0.1, 0.15) is 11.4 Å². The average molecular weight is 262 g/mol. The third kappa shape index (κ3) is 3.60. The molecule has 1 aliphatic rings. The lowest BCUT2D eigenvalue weighted by Gasteiger charge is -2.40. The van der Waals surface area contributed by atoms with Gasteiger partial charge in [-0.1, -0.05) is 6.92 Å². The topological polar surface area (TPSA) is 69.4 Å². The van der Waals surface area contributed by atoms with Gasteiger partial charge in [0, 0.05) is 31.1 Å². The van der Waals surface area contributed by atoms with Crippen LogP contribution in [0.15, 0.2) is 0 Å². The van der Waals surface area contributed by atoms with Crippen molar-refractivity contribution in [1.82, 2.24) is 0 Å². The highest BCUT2D eigenvalue weighted by Crippen LogP contribution is 2.38. The first-order valence-electron chi connectivity index (χ1n) is 6.10. The number of nitrogens with two attached hydrogens (primary N) is 1. The Bertz CT molecular complexity index is 295. The zero-order valence-electron chi connectivity index (χ0n) is 10.2. The molecule has 0 bridgehead atoms. The second-order valence-corrected chi connectivity index (χ2v) is 4.99. The Morgan fingerprint density at radius 1 is 1.65 bits per heavy atom. The van der Waals surface area contributed by atoms with Crippen LogP contribution in [0.4, 0.5) is 4.79 Å². The normalized spacial score (nSPS) is 24.1. The van der Waals surface area contributed by atoms with Crippen LogP contribution < -0.4 is 5.73 Å². The van der Waals surface area contributed by atoms with Gasteiger partial charge in [-0.3, -0.25) is 4.79 Å². The fourth-order valence-electron chi connectivity index (χ4n) is 2.71. The van der Waals surface area contributed by atoms with Gasteiger partial charge in [-0.15, -0.1) is 11.6 Å². The van der Waals surface area contributed by atoms with Gasteiger partial charge in [0.05, 0.1) is 0 Å². The monoisotopic (exact) mass is 261 g/mol. The summed E-state index contributed by atoms with van der Waals surface area (Å²) in [5.41, 5.74) is 4.47. The molecule has 4 nitrogen and oxygen atoms in total. The number of carbonyl (C=O) groups is 2. The van der Waals surface area contributed by atoms with Gasteiger partial charge in [-0.05, 0) is 19.3 Å². The third-order valence-electron chi connectivity index (χ3n) is 3.65. The van der Waals surface area contributed by atoms with Crippen molar-refractivity contribution in [3.63, 3.8) is 0 Å². The van der Waals surface area contributed by atoms with Crippen LogP contribution in [0.3, 0.4) is 0 Å². The summed E-state index contributed by atoms with van der Waals surface area (Å²) in [6, 6.07) is 0. The van der Waals surface area contributed by atoms with E-state index in [4.69, 9.17) is 22.1 Å². The SMILES string of the molecule is CCC(CCCl)(OC(N)=O)C1CCCC(=O)C1. The summed E-state index contributed by atoms with van der Waals surface area (Å²) < 4.78 is 5.32. The number of primary amides is 1. The Labute approximate surface area is 107 Å². The maximum atomic E-state index is 11.5. The van der Waals surface area contributed by atoms with Crippen LogP contribution >= 0.6 is 11.6 Å². The molecule has 0 heterocycles. The van der Waals surface area contributed by atoms with Crippen molar-refractivity contribution in [1.29, 1.82) is 0 Å². The maximum absolute atomic E-state index is 11.5.